The van der Waals surface area contributed by atoms with Crippen molar-refractivity contribution in [3.8, 4) is 22.8 Å². The number of hydrogen-bond donors (Lipinski definition) is 0. The molecule has 0 bridgehead atoms. The van der Waals surface area contributed by atoms with E-state index in [-0.39, 0.29) is 12.7 Å². The van der Waals surface area contributed by atoms with Crippen LogP contribution in [0, 0.1) is 0 Å². The lowest BCUT2D eigenvalue weighted by atomic mass is 10.1. The summed E-state index contributed by atoms with van der Waals surface area (Å²) in [5, 5.41) is 9.66. The average Bonchev–Trinajstić information content (AvgIpc) is 3.26. The molecule has 0 atom stereocenters. The molecule has 0 N–H and O–H groups in total. The monoisotopic (exact) mass is 456 g/mol. The van der Waals surface area contributed by atoms with Crippen LogP contribution in [0.15, 0.2) is 48.5 Å². The molecule has 1 saturated heterocycles. The van der Waals surface area contributed by atoms with Gasteiger partial charge in [0.25, 0.3) is 5.91 Å². The first-order valence-electron chi connectivity index (χ1n) is 9.81. The Morgan fingerprint density at radius 3 is 2.29 bits per heavy atom. The largest absolute Gasteiger partial charge is 0.454 e. The maximum absolute atomic E-state index is 12.8. The summed E-state index contributed by atoms with van der Waals surface area (Å²) < 4.78 is 10.8. The molecule has 1 amide bonds. The molecule has 2 aromatic carbocycles. The predicted octanol–water partition coefficient (Wildman–Crippen LogP) is 4.14. The van der Waals surface area contributed by atoms with E-state index in [9.17, 15) is 4.79 Å². The minimum Gasteiger partial charge on any atom is -0.454 e. The van der Waals surface area contributed by atoms with E-state index >= 15 is 0 Å². The molecule has 0 saturated carbocycles. The summed E-state index contributed by atoms with van der Waals surface area (Å²) in [7, 11) is 0. The molecule has 0 spiro atoms. The van der Waals surface area contributed by atoms with Gasteiger partial charge < -0.3 is 19.3 Å². The van der Waals surface area contributed by atoms with Crippen molar-refractivity contribution in [3.63, 3.8) is 0 Å². The minimum atomic E-state index is -0.0757. The molecule has 0 aliphatic carbocycles. The van der Waals surface area contributed by atoms with Crippen LogP contribution >= 0.6 is 23.2 Å². The molecule has 7 nitrogen and oxygen atoms in total. The highest BCUT2D eigenvalue weighted by atomic mass is 35.5. The highest BCUT2D eigenvalue weighted by Crippen LogP contribution is 2.35. The fraction of sp³-hybridized carbons (Fsp3) is 0.227. The van der Waals surface area contributed by atoms with E-state index in [4.69, 9.17) is 32.7 Å². The highest BCUT2D eigenvalue weighted by molar-refractivity contribution is 6.35. The van der Waals surface area contributed by atoms with E-state index in [1.54, 1.807) is 23.1 Å². The zero-order chi connectivity index (χ0) is 21.4. The summed E-state index contributed by atoms with van der Waals surface area (Å²) in [5.41, 5.74) is 2.17. The molecule has 1 aromatic heterocycles. The second kappa shape index (κ2) is 8.24. The van der Waals surface area contributed by atoms with Crippen molar-refractivity contribution in [3.05, 3.63) is 64.1 Å². The van der Waals surface area contributed by atoms with Crippen LogP contribution in [0.3, 0.4) is 0 Å². The Bertz CT molecular complexity index is 1110. The average molecular weight is 457 g/mol. The number of nitrogens with zero attached hydrogens (tertiary/aromatic N) is 4. The number of hydrogen-bond acceptors (Lipinski definition) is 6. The summed E-state index contributed by atoms with van der Waals surface area (Å²) in [6.07, 6.45) is 0. The summed E-state index contributed by atoms with van der Waals surface area (Å²) in [6.45, 7) is 2.72. The molecule has 3 aromatic rings. The van der Waals surface area contributed by atoms with Crippen molar-refractivity contribution in [2.45, 2.75) is 0 Å². The first-order valence-corrected chi connectivity index (χ1v) is 10.6. The number of halogens is 2. The van der Waals surface area contributed by atoms with Gasteiger partial charge in [0.2, 0.25) is 6.79 Å². The number of carbonyl (C=O) groups is 1. The standard InChI is InChI=1S/C22H18Cl2N4O3/c23-16-9-15(10-17(24)12-16)22(29)28-7-5-27(6-8-28)21-4-2-18(25-26-21)14-1-3-19-20(11-14)31-13-30-19/h1-4,9-12H,5-8,13H2. The van der Waals surface area contributed by atoms with Crippen molar-refractivity contribution < 1.29 is 14.3 Å². The van der Waals surface area contributed by atoms with Gasteiger partial charge >= 0.3 is 0 Å². The number of ether oxygens (including phenoxy) is 2. The lowest BCUT2D eigenvalue weighted by molar-refractivity contribution is 0.0746. The van der Waals surface area contributed by atoms with E-state index < -0.39 is 0 Å². The van der Waals surface area contributed by atoms with Crippen molar-refractivity contribution >= 4 is 34.9 Å². The lowest BCUT2D eigenvalue weighted by Crippen LogP contribution is -2.49. The minimum absolute atomic E-state index is 0.0757. The van der Waals surface area contributed by atoms with Gasteiger partial charge in [-0.3, -0.25) is 4.79 Å². The van der Waals surface area contributed by atoms with E-state index in [2.05, 4.69) is 15.1 Å². The molecule has 2 aliphatic heterocycles. The molecule has 2 aliphatic rings. The fourth-order valence-electron chi connectivity index (χ4n) is 3.70. The maximum Gasteiger partial charge on any atom is 0.254 e. The Hall–Kier alpha value is -3.03. The smallest absolute Gasteiger partial charge is 0.254 e. The van der Waals surface area contributed by atoms with Gasteiger partial charge in [-0.1, -0.05) is 23.2 Å². The van der Waals surface area contributed by atoms with Crippen LogP contribution in [0.4, 0.5) is 5.82 Å². The van der Waals surface area contributed by atoms with Crippen molar-refractivity contribution in [2.75, 3.05) is 37.9 Å². The van der Waals surface area contributed by atoms with Gasteiger partial charge in [-0.15, -0.1) is 10.2 Å². The Kier molecular flexibility index (Phi) is 5.29. The number of rotatable bonds is 3. The molecule has 0 radical (unpaired) electrons. The molecule has 0 unspecified atom stereocenters. The Balaban J connectivity index is 1.24. The van der Waals surface area contributed by atoms with Gasteiger partial charge in [-0.2, -0.15) is 0 Å². The number of aromatic nitrogens is 2. The summed E-state index contributed by atoms with van der Waals surface area (Å²) in [6, 6.07) is 14.5. The zero-order valence-electron chi connectivity index (χ0n) is 16.4. The molecule has 1 fully saturated rings. The molecule has 158 valence electrons. The molecular weight excluding hydrogens is 439 g/mol. The van der Waals surface area contributed by atoms with Crippen molar-refractivity contribution in [1.82, 2.24) is 15.1 Å². The number of benzene rings is 2. The van der Waals surface area contributed by atoms with E-state index in [1.807, 2.05) is 30.3 Å². The number of fused-ring (bicyclic) bond motifs is 1. The van der Waals surface area contributed by atoms with E-state index in [0.717, 1.165) is 22.8 Å². The van der Waals surface area contributed by atoms with E-state index in [0.29, 0.717) is 47.5 Å². The predicted molar refractivity (Wildman–Crippen MR) is 118 cm³/mol. The third kappa shape index (κ3) is 4.11. The fourth-order valence-corrected chi connectivity index (χ4v) is 4.23. The highest BCUT2D eigenvalue weighted by Gasteiger charge is 2.24. The SMILES string of the molecule is O=C(c1cc(Cl)cc(Cl)c1)N1CCN(c2ccc(-c3ccc4c(c3)OCO4)nn2)CC1. The van der Waals surface area contributed by atoms with Crippen LogP contribution in [0.2, 0.25) is 10.0 Å². The first kappa shape index (κ1) is 19.9. The van der Waals surface area contributed by atoms with Gasteiger partial charge in [-0.05, 0) is 48.5 Å². The number of amides is 1. The first-order chi connectivity index (χ1) is 15.1. The second-order valence-electron chi connectivity index (χ2n) is 7.28. The Morgan fingerprint density at radius 2 is 1.58 bits per heavy atom. The quantitative estimate of drug-likeness (QED) is 0.589. The summed E-state index contributed by atoms with van der Waals surface area (Å²) in [4.78, 5) is 16.7. The molecule has 9 heteroatoms. The third-order valence-corrected chi connectivity index (χ3v) is 5.76. The lowest BCUT2D eigenvalue weighted by Gasteiger charge is -2.35. The van der Waals surface area contributed by atoms with Gasteiger partial charge in [0.05, 0.1) is 5.69 Å². The summed E-state index contributed by atoms with van der Waals surface area (Å²) >= 11 is 12.1. The third-order valence-electron chi connectivity index (χ3n) is 5.32. The van der Waals surface area contributed by atoms with Crippen LogP contribution in [0.25, 0.3) is 11.3 Å². The van der Waals surface area contributed by atoms with Crippen LogP contribution < -0.4 is 14.4 Å². The number of piperazine rings is 1. The van der Waals surface area contributed by atoms with Crippen LogP contribution in [-0.2, 0) is 0 Å². The van der Waals surface area contributed by atoms with Crippen molar-refractivity contribution in [2.24, 2.45) is 0 Å². The van der Waals surface area contributed by atoms with E-state index in [1.165, 1.54) is 0 Å². The second-order valence-corrected chi connectivity index (χ2v) is 8.16. The van der Waals surface area contributed by atoms with Gasteiger partial charge in [0.1, 0.15) is 0 Å². The van der Waals surface area contributed by atoms with Gasteiger partial charge in [0, 0.05) is 47.4 Å². The summed E-state index contributed by atoms with van der Waals surface area (Å²) in [5.74, 6) is 2.15. The number of anilines is 1. The zero-order valence-corrected chi connectivity index (χ0v) is 17.9. The Labute approximate surface area is 189 Å². The molecule has 31 heavy (non-hydrogen) atoms. The van der Waals surface area contributed by atoms with Crippen molar-refractivity contribution in [1.29, 1.82) is 0 Å². The molecule has 3 heterocycles. The van der Waals surface area contributed by atoms with Crippen LogP contribution in [0.5, 0.6) is 11.5 Å². The van der Waals surface area contributed by atoms with Crippen LogP contribution in [-0.4, -0.2) is 54.0 Å². The molecule has 5 rings (SSSR count). The van der Waals surface area contributed by atoms with Crippen LogP contribution in [0.1, 0.15) is 10.4 Å². The molecular formula is C22H18Cl2N4O3. The topological polar surface area (TPSA) is 67.8 Å². The van der Waals surface area contributed by atoms with Gasteiger partial charge in [-0.25, -0.2) is 0 Å². The maximum atomic E-state index is 12.8. The number of carbonyl (C=O) groups excluding carboxylic acids is 1. The normalized spacial score (nSPS) is 15.3. The Morgan fingerprint density at radius 1 is 0.839 bits per heavy atom. The van der Waals surface area contributed by atoms with Gasteiger partial charge in [0.15, 0.2) is 17.3 Å².